The Kier molecular flexibility index (Phi) is 7.24. The number of carbonyl (C=O) groups excluding carboxylic acids is 1. The quantitative estimate of drug-likeness (QED) is 0.595. The van der Waals surface area contributed by atoms with E-state index < -0.39 is 0 Å². The van der Waals surface area contributed by atoms with E-state index >= 15 is 0 Å². The molecule has 1 N–H and O–H groups in total. The summed E-state index contributed by atoms with van der Waals surface area (Å²) in [5.74, 6) is -0.521. The maximum atomic E-state index is 13.6. The SMILES string of the molecule is C[C@@H]1CCCCN1CCCNC(=O)/C=C/c1cc(Br)ccc1F. The Labute approximate surface area is 146 Å². The molecule has 1 amide bonds. The molecule has 126 valence electrons. The molecule has 0 spiro atoms. The number of benzene rings is 1. The van der Waals surface area contributed by atoms with Gasteiger partial charge in [-0.15, -0.1) is 0 Å². The number of carbonyl (C=O) groups is 1. The minimum absolute atomic E-state index is 0.184. The van der Waals surface area contributed by atoms with Crippen molar-refractivity contribution in [3.8, 4) is 0 Å². The fourth-order valence-electron chi connectivity index (χ4n) is 2.85. The van der Waals surface area contributed by atoms with E-state index in [0.29, 0.717) is 18.2 Å². The maximum absolute atomic E-state index is 13.6. The summed E-state index contributed by atoms with van der Waals surface area (Å²) in [5.41, 5.74) is 0.400. The van der Waals surface area contributed by atoms with Crippen molar-refractivity contribution in [2.24, 2.45) is 0 Å². The second-order valence-electron chi connectivity index (χ2n) is 6.02. The summed E-state index contributed by atoms with van der Waals surface area (Å²) in [6.45, 7) is 5.10. The monoisotopic (exact) mass is 382 g/mol. The smallest absolute Gasteiger partial charge is 0.244 e. The second kappa shape index (κ2) is 9.18. The third-order valence-electron chi connectivity index (χ3n) is 4.23. The van der Waals surface area contributed by atoms with Crippen LogP contribution in [-0.4, -0.2) is 36.5 Å². The fourth-order valence-corrected chi connectivity index (χ4v) is 3.23. The summed E-state index contributed by atoms with van der Waals surface area (Å²) in [6, 6.07) is 5.31. The van der Waals surface area contributed by atoms with Crippen LogP contribution in [0, 0.1) is 5.82 Å². The average molecular weight is 383 g/mol. The zero-order chi connectivity index (χ0) is 16.7. The number of piperidine rings is 1. The van der Waals surface area contributed by atoms with Crippen LogP contribution in [0.1, 0.15) is 38.2 Å². The standard InChI is InChI=1S/C18H24BrFN2O/c1-14-5-2-3-11-22(14)12-4-10-21-18(23)9-6-15-13-16(19)7-8-17(15)20/h6-9,13-14H,2-5,10-12H2,1H3,(H,21,23)/b9-6+/t14-/m1/s1. The number of nitrogens with one attached hydrogen (secondary N) is 1. The van der Waals surface area contributed by atoms with Crippen molar-refractivity contribution in [2.75, 3.05) is 19.6 Å². The van der Waals surface area contributed by atoms with Crippen LogP contribution in [0.15, 0.2) is 28.7 Å². The van der Waals surface area contributed by atoms with E-state index in [2.05, 4.69) is 33.1 Å². The molecule has 0 unspecified atom stereocenters. The van der Waals surface area contributed by atoms with Gasteiger partial charge >= 0.3 is 0 Å². The molecule has 5 heteroatoms. The number of amides is 1. The summed E-state index contributed by atoms with van der Waals surface area (Å²) in [6.07, 6.45) is 7.70. The highest BCUT2D eigenvalue weighted by atomic mass is 79.9. The first-order valence-corrected chi connectivity index (χ1v) is 9.00. The van der Waals surface area contributed by atoms with Crippen LogP contribution in [-0.2, 0) is 4.79 Å². The van der Waals surface area contributed by atoms with E-state index in [9.17, 15) is 9.18 Å². The molecule has 1 heterocycles. The third-order valence-corrected chi connectivity index (χ3v) is 4.73. The molecule has 2 rings (SSSR count). The molecule has 1 aromatic rings. The Hall–Kier alpha value is -1.20. The van der Waals surface area contributed by atoms with Crippen LogP contribution >= 0.6 is 15.9 Å². The lowest BCUT2D eigenvalue weighted by Gasteiger charge is -2.33. The normalized spacial score (nSPS) is 19.2. The first-order chi connectivity index (χ1) is 11.1. The molecule has 0 bridgehead atoms. The van der Waals surface area contributed by atoms with Crippen LogP contribution in [0.2, 0.25) is 0 Å². The molecule has 0 aromatic heterocycles. The average Bonchev–Trinajstić information content (AvgIpc) is 2.54. The van der Waals surface area contributed by atoms with Gasteiger partial charge in [0.2, 0.25) is 5.91 Å². The van der Waals surface area contributed by atoms with E-state index in [-0.39, 0.29) is 11.7 Å². The summed E-state index contributed by atoms with van der Waals surface area (Å²) >= 11 is 3.29. The lowest BCUT2D eigenvalue weighted by Crippen LogP contribution is -2.39. The molecular weight excluding hydrogens is 359 g/mol. The Morgan fingerprint density at radius 1 is 1.48 bits per heavy atom. The lowest BCUT2D eigenvalue weighted by atomic mass is 10.0. The predicted molar refractivity (Wildman–Crippen MR) is 95.6 cm³/mol. The van der Waals surface area contributed by atoms with Gasteiger partial charge in [-0.3, -0.25) is 4.79 Å². The molecule has 1 aliphatic rings. The Balaban J connectivity index is 1.70. The van der Waals surface area contributed by atoms with Crippen molar-refractivity contribution in [3.05, 3.63) is 40.1 Å². The van der Waals surface area contributed by atoms with Gasteiger partial charge in [0, 0.05) is 35.2 Å². The van der Waals surface area contributed by atoms with Crippen LogP contribution in [0.3, 0.4) is 0 Å². The highest BCUT2D eigenvalue weighted by Crippen LogP contribution is 2.17. The molecule has 1 saturated heterocycles. The minimum Gasteiger partial charge on any atom is -0.353 e. The van der Waals surface area contributed by atoms with Crippen molar-refractivity contribution in [1.29, 1.82) is 0 Å². The van der Waals surface area contributed by atoms with Crippen LogP contribution in [0.4, 0.5) is 4.39 Å². The summed E-state index contributed by atoms with van der Waals surface area (Å²) < 4.78 is 14.3. The number of hydrogen-bond donors (Lipinski definition) is 1. The molecule has 1 aliphatic heterocycles. The van der Waals surface area contributed by atoms with Crippen molar-refractivity contribution in [3.63, 3.8) is 0 Å². The van der Waals surface area contributed by atoms with E-state index in [4.69, 9.17) is 0 Å². The van der Waals surface area contributed by atoms with Crippen molar-refractivity contribution in [1.82, 2.24) is 10.2 Å². The molecule has 1 aromatic carbocycles. The van der Waals surface area contributed by atoms with Crippen LogP contribution in [0.5, 0.6) is 0 Å². The first-order valence-electron chi connectivity index (χ1n) is 8.21. The van der Waals surface area contributed by atoms with E-state index in [1.165, 1.54) is 37.5 Å². The molecule has 1 atom stereocenters. The third kappa shape index (κ3) is 6.07. The topological polar surface area (TPSA) is 32.3 Å². The predicted octanol–water partition coefficient (Wildman–Crippen LogP) is 3.98. The van der Waals surface area contributed by atoms with Gasteiger partial charge in [0.15, 0.2) is 0 Å². The molecular formula is C18H24BrFN2O. The minimum atomic E-state index is -0.337. The summed E-state index contributed by atoms with van der Waals surface area (Å²) in [4.78, 5) is 14.3. The molecule has 3 nitrogen and oxygen atoms in total. The largest absolute Gasteiger partial charge is 0.353 e. The number of rotatable bonds is 6. The zero-order valence-corrected chi connectivity index (χ0v) is 15.1. The number of hydrogen-bond acceptors (Lipinski definition) is 2. The first kappa shape index (κ1) is 18.1. The highest BCUT2D eigenvalue weighted by Gasteiger charge is 2.17. The Morgan fingerprint density at radius 2 is 2.30 bits per heavy atom. The van der Waals surface area contributed by atoms with Crippen LogP contribution < -0.4 is 5.32 Å². The van der Waals surface area contributed by atoms with Gasteiger partial charge in [0.25, 0.3) is 0 Å². The molecule has 0 aliphatic carbocycles. The van der Waals surface area contributed by atoms with Crippen molar-refractivity contribution >= 4 is 27.9 Å². The summed E-state index contributed by atoms with van der Waals surface area (Å²) in [7, 11) is 0. The van der Waals surface area contributed by atoms with Gasteiger partial charge in [0.05, 0.1) is 0 Å². The summed E-state index contributed by atoms with van der Waals surface area (Å²) in [5, 5.41) is 2.85. The maximum Gasteiger partial charge on any atom is 0.244 e. The number of likely N-dealkylation sites (tertiary alicyclic amines) is 1. The Bertz CT molecular complexity index is 562. The van der Waals surface area contributed by atoms with E-state index in [1.807, 2.05) is 0 Å². The fraction of sp³-hybridized carbons (Fsp3) is 0.500. The van der Waals surface area contributed by atoms with Gasteiger partial charge in [-0.1, -0.05) is 22.4 Å². The van der Waals surface area contributed by atoms with Gasteiger partial charge in [-0.05, 0) is 57.0 Å². The second-order valence-corrected chi connectivity index (χ2v) is 6.94. The van der Waals surface area contributed by atoms with E-state index in [1.54, 1.807) is 12.1 Å². The van der Waals surface area contributed by atoms with Gasteiger partial charge in [-0.25, -0.2) is 4.39 Å². The van der Waals surface area contributed by atoms with Crippen molar-refractivity contribution < 1.29 is 9.18 Å². The van der Waals surface area contributed by atoms with E-state index in [0.717, 1.165) is 24.0 Å². The Morgan fingerprint density at radius 3 is 3.09 bits per heavy atom. The van der Waals surface area contributed by atoms with Crippen molar-refractivity contribution in [2.45, 2.75) is 38.6 Å². The zero-order valence-electron chi connectivity index (χ0n) is 13.5. The van der Waals surface area contributed by atoms with Crippen LogP contribution in [0.25, 0.3) is 6.08 Å². The number of nitrogens with zero attached hydrogens (tertiary/aromatic N) is 1. The number of halogens is 2. The van der Waals surface area contributed by atoms with Gasteiger partial charge < -0.3 is 10.2 Å². The molecule has 0 saturated carbocycles. The molecule has 0 radical (unpaired) electrons. The van der Waals surface area contributed by atoms with Gasteiger partial charge in [0.1, 0.15) is 5.82 Å². The molecule has 23 heavy (non-hydrogen) atoms. The highest BCUT2D eigenvalue weighted by molar-refractivity contribution is 9.10. The molecule has 1 fully saturated rings. The van der Waals surface area contributed by atoms with Gasteiger partial charge in [-0.2, -0.15) is 0 Å². The lowest BCUT2D eigenvalue weighted by molar-refractivity contribution is -0.116.